The fraction of sp³-hybridized carbons (Fsp3) is 0. The first-order valence-corrected chi connectivity index (χ1v) is 7.28. The highest BCUT2D eigenvalue weighted by Gasteiger charge is 2.09. The monoisotopic (exact) mass is 333 g/mol. The predicted octanol–water partition coefficient (Wildman–Crippen LogP) is 0.890. The summed E-state index contributed by atoms with van der Waals surface area (Å²) in [7, 11) is 0. The van der Waals surface area contributed by atoms with Gasteiger partial charge in [0.05, 0.1) is 5.69 Å². The molecule has 10 nitrogen and oxygen atoms in total. The van der Waals surface area contributed by atoms with Gasteiger partial charge < -0.3 is 5.32 Å². The summed E-state index contributed by atoms with van der Waals surface area (Å²) in [6.07, 6.45) is 4.88. The van der Waals surface area contributed by atoms with Crippen molar-refractivity contribution in [3.05, 3.63) is 66.9 Å². The van der Waals surface area contributed by atoms with Crippen molar-refractivity contribution >= 4 is 11.6 Å². The third-order valence-corrected chi connectivity index (χ3v) is 3.36. The highest BCUT2D eigenvalue weighted by atomic mass is 16.1. The number of hydrogen-bond donors (Lipinski definition) is 1. The second-order valence-electron chi connectivity index (χ2n) is 4.98. The number of nitrogens with zero attached hydrogens (tertiary/aromatic N) is 8. The second kappa shape index (κ2) is 6.28. The molecule has 4 aromatic rings. The minimum atomic E-state index is -0.352. The van der Waals surface area contributed by atoms with Crippen LogP contribution in [0.2, 0.25) is 0 Å². The number of anilines is 1. The Hall–Kier alpha value is -3.95. The van der Waals surface area contributed by atoms with Crippen molar-refractivity contribution in [3.8, 4) is 11.5 Å². The molecule has 0 saturated heterocycles. The minimum Gasteiger partial charge on any atom is -0.321 e. The van der Waals surface area contributed by atoms with Gasteiger partial charge in [0.1, 0.15) is 6.33 Å². The molecule has 0 aliphatic heterocycles. The van der Waals surface area contributed by atoms with E-state index < -0.39 is 0 Å². The Labute approximate surface area is 141 Å². The van der Waals surface area contributed by atoms with Gasteiger partial charge in [-0.25, -0.2) is 9.36 Å². The van der Waals surface area contributed by atoms with Crippen molar-refractivity contribution in [2.75, 3.05) is 5.32 Å². The van der Waals surface area contributed by atoms with Gasteiger partial charge in [0.25, 0.3) is 5.91 Å². The fourth-order valence-electron chi connectivity index (χ4n) is 2.15. The number of aromatic nitrogens is 8. The zero-order chi connectivity index (χ0) is 17.1. The van der Waals surface area contributed by atoms with Crippen molar-refractivity contribution in [2.24, 2.45) is 0 Å². The molecule has 0 atom stereocenters. The Kier molecular flexibility index (Phi) is 3.67. The van der Waals surface area contributed by atoms with Crippen LogP contribution < -0.4 is 5.32 Å². The lowest BCUT2D eigenvalue weighted by atomic mass is 10.2. The van der Waals surface area contributed by atoms with Crippen molar-refractivity contribution in [1.29, 1.82) is 0 Å². The molecule has 3 aromatic heterocycles. The highest BCUT2D eigenvalue weighted by Crippen LogP contribution is 2.13. The third-order valence-electron chi connectivity index (χ3n) is 3.36. The summed E-state index contributed by atoms with van der Waals surface area (Å²) >= 11 is 0. The molecule has 0 spiro atoms. The number of hydrogen-bond acceptors (Lipinski definition) is 7. The molecule has 0 unspecified atom stereocenters. The number of carbonyl (C=O) groups excluding carboxylic acids is 1. The highest BCUT2D eigenvalue weighted by molar-refractivity contribution is 6.02. The Balaban J connectivity index is 1.46. The molecule has 1 aromatic carbocycles. The number of carbonyl (C=O) groups is 1. The lowest BCUT2D eigenvalue weighted by molar-refractivity contribution is 0.102. The van der Waals surface area contributed by atoms with Gasteiger partial charge in [-0.3, -0.25) is 4.79 Å². The molecule has 1 amide bonds. The molecule has 3 heterocycles. The topological polar surface area (TPSA) is 116 Å². The zero-order valence-electron chi connectivity index (χ0n) is 12.8. The molecule has 10 heteroatoms. The summed E-state index contributed by atoms with van der Waals surface area (Å²) in [5.74, 6) is 0.182. The maximum atomic E-state index is 12.3. The van der Waals surface area contributed by atoms with Gasteiger partial charge in [-0.15, -0.1) is 15.3 Å². The van der Waals surface area contributed by atoms with E-state index in [1.165, 1.54) is 11.0 Å². The van der Waals surface area contributed by atoms with E-state index >= 15 is 0 Å². The molecule has 0 bridgehead atoms. The van der Waals surface area contributed by atoms with Crippen LogP contribution in [0, 0.1) is 0 Å². The molecule has 0 aliphatic rings. The molecule has 1 N–H and O–H groups in total. The van der Waals surface area contributed by atoms with Crippen LogP contribution >= 0.6 is 0 Å². The van der Waals surface area contributed by atoms with Gasteiger partial charge in [-0.05, 0) is 52.9 Å². The van der Waals surface area contributed by atoms with E-state index in [2.05, 4.69) is 36.1 Å². The molecule has 25 heavy (non-hydrogen) atoms. The van der Waals surface area contributed by atoms with E-state index in [9.17, 15) is 4.79 Å². The summed E-state index contributed by atoms with van der Waals surface area (Å²) in [4.78, 5) is 12.3. The van der Waals surface area contributed by atoms with Crippen LogP contribution in [0.4, 0.5) is 5.69 Å². The van der Waals surface area contributed by atoms with Crippen LogP contribution in [0.25, 0.3) is 11.5 Å². The Morgan fingerprint density at radius 3 is 2.52 bits per heavy atom. The SMILES string of the molecule is O=C(Nc1ccc(-n2cnnn2)cc1)c1ccc(-n2cccn2)nn1. The lowest BCUT2D eigenvalue weighted by Gasteiger charge is -2.06. The third kappa shape index (κ3) is 3.08. The number of benzene rings is 1. The average Bonchev–Trinajstić information content (AvgIpc) is 3.36. The maximum absolute atomic E-state index is 12.3. The smallest absolute Gasteiger partial charge is 0.276 e. The minimum absolute atomic E-state index is 0.209. The molecule has 0 radical (unpaired) electrons. The van der Waals surface area contributed by atoms with E-state index in [1.807, 2.05) is 0 Å². The quantitative estimate of drug-likeness (QED) is 0.589. The standard InChI is InChI=1S/C15H11N9O/c25-15(13-6-7-14(20-19-13)23-9-1-8-17-23)18-11-2-4-12(5-3-11)24-10-16-21-22-24/h1-10H,(H,18,25). The largest absolute Gasteiger partial charge is 0.321 e. The van der Waals surface area contributed by atoms with Gasteiger partial charge in [0.2, 0.25) is 0 Å². The van der Waals surface area contributed by atoms with E-state index in [-0.39, 0.29) is 11.6 Å². The maximum Gasteiger partial charge on any atom is 0.276 e. The first kappa shape index (κ1) is 14.6. The number of nitrogens with one attached hydrogen (secondary N) is 1. The summed E-state index contributed by atoms with van der Waals surface area (Å²) in [6, 6.07) is 12.1. The molecule has 0 fully saturated rings. The van der Waals surface area contributed by atoms with Gasteiger partial charge in [-0.1, -0.05) is 0 Å². The average molecular weight is 333 g/mol. The van der Waals surface area contributed by atoms with Crippen LogP contribution in [-0.4, -0.2) is 46.1 Å². The van der Waals surface area contributed by atoms with Crippen molar-refractivity contribution in [1.82, 2.24) is 40.2 Å². The second-order valence-corrected chi connectivity index (χ2v) is 4.98. The summed E-state index contributed by atoms with van der Waals surface area (Å²) < 4.78 is 3.08. The number of rotatable bonds is 4. The normalized spacial score (nSPS) is 10.6. The van der Waals surface area contributed by atoms with E-state index in [0.717, 1.165) is 5.69 Å². The van der Waals surface area contributed by atoms with Gasteiger partial charge in [0.15, 0.2) is 11.5 Å². The van der Waals surface area contributed by atoms with Crippen LogP contribution in [0.15, 0.2) is 61.2 Å². The van der Waals surface area contributed by atoms with Crippen molar-refractivity contribution in [2.45, 2.75) is 0 Å². The van der Waals surface area contributed by atoms with E-state index in [4.69, 9.17) is 0 Å². The Bertz CT molecular complexity index is 961. The number of amides is 1. The molecular formula is C15H11N9O. The lowest BCUT2D eigenvalue weighted by Crippen LogP contribution is -2.15. The van der Waals surface area contributed by atoms with Crippen LogP contribution in [0.3, 0.4) is 0 Å². The van der Waals surface area contributed by atoms with Crippen LogP contribution in [0.5, 0.6) is 0 Å². The van der Waals surface area contributed by atoms with Crippen LogP contribution in [0.1, 0.15) is 10.5 Å². The van der Waals surface area contributed by atoms with Gasteiger partial charge in [-0.2, -0.15) is 5.10 Å². The van der Waals surface area contributed by atoms with Crippen molar-refractivity contribution in [3.63, 3.8) is 0 Å². The van der Waals surface area contributed by atoms with Crippen molar-refractivity contribution < 1.29 is 4.79 Å². The molecule has 4 rings (SSSR count). The zero-order valence-corrected chi connectivity index (χ0v) is 12.8. The Morgan fingerprint density at radius 2 is 1.88 bits per heavy atom. The predicted molar refractivity (Wildman–Crippen MR) is 86.3 cm³/mol. The summed E-state index contributed by atoms with van der Waals surface area (Å²) in [6.45, 7) is 0. The number of tetrazole rings is 1. The fourth-order valence-corrected chi connectivity index (χ4v) is 2.15. The first-order valence-electron chi connectivity index (χ1n) is 7.28. The first-order chi connectivity index (χ1) is 12.3. The summed E-state index contributed by atoms with van der Waals surface area (Å²) in [5, 5.41) is 25.7. The Morgan fingerprint density at radius 1 is 1.00 bits per heavy atom. The molecular weight excluding hydrogens is 322 g/mol. The van der Waals surface area contributed by atoms with Gasteiger partial charge >= 0.3 is 0 Å². The molecule has 0 aliphatic carbocycles. The summed E-state index contributed by atoms with van der Waals surface area (Å²) in [5.41, 5.74) is 1.62. The van der Waals surface area contributed by atoms with Crippen LogP contribution in [-0.2, 0) is 0 Å². The van der Waals surface area contributed by atoms with Gasteiger partial charge in [0, 0.05) is 18.1 Å². The van der Waals surface area contributed by atoms with E-state index in [0.29, 0.717) is 11.5 Å². The molecule has 0 saturated carbocycles. The molecule has 122 valence electrons. The van der Waals surface area contributed by atoms with E-state index in [1.54, 1.807) is 59.5 Å².